The maximum atomic E-state index is 13.2. The molecule has 0 aromatic heterocycles. The predicted octanol–water partition coefficient (Wildman–Crippen LogP) is 4.88. The number of hydrogen-bond donors (Lipinski definition) is 0. The standard InChI is InChI=1S/C16H9ClFNOS2/c17-11-4-2-6-13(9-11)19-15(20)14(22-16(19)21)8-10-3-1-5-12(18)7-10/h1-9H/b14-8+. The van der Waals surface area contributed by atoms with Crippen LogP contribution in [0, 0.1) is 5.82 Å². The first-order valence-electron chi connectivity index (χ1n) is 6.34. The SMILES string of the molecule is O=C1/C(=C\c2cccc(F)c2)SC(=S)N1c1cccc(Cl)c1. The summed E-state index contributed by atoms with van der Waals surface area (Å²) < 4.78 is 13.7. The van der Waals surface area contributed by atoms with E-state index in [4.69, 9.17) is 23.8 Å². The first-order chi connectivity index (χ1) is 10.5. The van der Waals surface area contributed by atoms with Crippen molar-refractivity contribution in [3.8, 4) is 0 Å². The molecule has 6 heteroatoms. The molecule has 0 unspecified atom stereocenters. The van der Waals surface area contributed by atoms with E-state index in [0.29, 0.717) is 25.5 Å². The number of benzene rings is 2. The van der Waals surface area contributed by atoms with Crippen molar-refractivity contribution in [3.63, 3.8) is 0 Å². The second-order valence-corrected chi connectivity index (χ2v) is 6.66. The third kappa shape index (κ3) is 3.06. The van der Waals surface area contributed by atoms with Crippen LogP contribution >= 0.6 is 35.6 Å². The number of nitrogens with zero attached hydrogens (tertiary/aromatic N) is 1. The molecule has 1 aliphatic rings. The van der Waals surface area contributed by atoms with E-state index in [1.807, 2.05) is 0 Å². The van der Waals surface area contributed by atoms with Crippen LogP contribution in [0.1, 0.15) is 5.56 Å². The third-order valence-electron chi connectivity index (χ3n) is 3.01. The van der Waals surface area contributed by atoms with Gasteiger partial charge in [-0.1, -0.05) is 53.8 Å². The molecule has 1 amide bonds. The second-order valence-electron chi connectivity index (χ2n) is 4.55. The lowest BCUT2D eigenvalue weighted by atomic mass is 10.2. The molecule has 2 nitrogen and oxygen atoms in total. The van der Waals surface area contributed by atoms with Crippen LogP contribution in [0.2, 0.25) is 5.02 Å². The largest absolute Gasteiger partial charge is 0.270 e. The van der Waals surface area contributed by atoms with Crippen molar-refractivity contribution in [3.05, 3.63) is 69.8 Å². The lowest BCUT2D eigenvalue weighted by Crippen LogP contribution is -2.27. The molecule has 1 saturated heterocycles. The average Bonchev–Trinajstić information content (AvgIpc) is 2.73. The first-order valence-corrected chi connectivity index (χ1v) is 7.94. The van der Waals surface area contributed by atoms with Crippen LogP contribution in [-0.2, 0) is 4.79 Å². The Bertz CT molecular complexity index is 806. The summed E-state index contributed by atoms with van der Waals surface area (Å²) in [6.07, 6.45) is 1.63. The van der Waals surface area contributed by atoms with E-state index in [1.54, 1.807) is 42.5 Å². The molecule has 22 heavy (non-hydrogen) atoms. The fourth-order valence-electron chi connectivity index (χ4n) is 2.05. The molecule has 0 radical (unpaired) electrons. The summed E-state index contributed by atoms with van der Waals surface area (Å²) >= 11 is 12.4. The molecule has 0 N–H and O–H groups in total. The Morgan fingerprint density at radius 3 is 2.68 bits per heavy atom. The number of amides is 1. The number of anilines is 1. The van der Waals surface area contributed by atoms with E-state index in [0.717, 1.165) is 0 Å². The summed E-state index contributed by atoms with van der Waals surface area (Å²) in [5, 5.41) is 0.528. The summed E-state index contributed by atoms with van der Waals surface area (Å²) in [6.45, 7) is 0. The number of thioether (sulfide) groups is 1. The molecule has 110 valence electrons. The van der Waals surface area contributed by atoms with E-state index in [-0.39, 0.29) is 11.7 Å². The average molecular weight is 350 g/mol. The van der Waals surface area contributed by atoms with Crippen LogP contribution in [0.15, 0.2) is 53.4 Å². The van der Waals surface area contributed by atoms with Crippen LogP contribution in [0.5, 0.6) is 0 Å². The van der Waals surface area contributed by atoms with Gasteiger partial charge in [0, 0.05) is 5.02 Å². The Labute approximate surface area is 141 Å². The van der Waals surface area contributed by atoms with E-state index >= 15 is 0 Å². The van der Waals surface area contributed by atoms with Gasteiger partial charge in [-0.2, -0.15) is 0 Å². The van der Waals surface area contributed by atoms with Crippen molar-refractivity contribution in [1.29, 1.82) is 0 Å². The highest BCUT2D eigenvalue weighted by atomic mass is 35.5. The lowest BCUT2D eigenvalue weighted by molar-refractivity contribution is -0.113. The van der Waals surface area contributed by atoms with Gasteiger partial charge in [0.1, 0.15) is 5.82 Å². The summed E-state index contributed by atoms with van der Waals surface area (Å²) in [4.78, 5) is 14.4. The smallest absolute Gasteiger partial charge is 0.268 e. The molecule has 1 fully saturated rings. The highest BCUT2D eigenvalue weighted by Crippen LogP contribution is 2.36. The van der Waals surface area contributed by atoms with Crippen molar-refractivity contribution in [2.24, 2.45) is 0 Å². The molecule has 0 aliphatic carbocycles. The van der Waals surface area contributed by atoms with Crippen molar-refractivity contribution >= 4 is 57.6 Å². The Balaban J connectivity index is 1.95. The van der Waals surface area contributed by atoms with Gasteiger partial charge in [0.05, 0.1) is 10.6 Å². The molecule has 0 spiro atoms. The monoisotopic (exact) mass is 349 g/mol. The van der Waals surface area contributed by atoms with Gasteiger partial charge in [-0.25, -0.2) is 4.39 Å². The van der Waals surface area contributed by atoms with Crippen molar-refractivity contribution in [1.82, 2.24) is 0 Å². The van der Waals surface area contributed by atoms with Crippen LogP contribution in [0.4, 0.5) is 10.1 Å². The first kappa shape index (κ1) is 15.2. The molecule has 0 atom stereocenters. The second kappa shape index (κ2) is 6.20. The zero-order valence-corrected chi connectivity index (χ0v) is 13.5. The zero-order valence-electron chi connectivity index (χ0n) is 11.1. The summed E-state index contributed by atoms with van der Waals surface area (Å²) in [5.41, 5.74) is 1.24. The lowest BCUT2D eigenvalue weighted by Gasteiger charge is -2.14. The fraction of sp³-hybridized carbons (Fsp3) is 0. The Kier molecular flexibility index (Phi) is 4.29. The number of halogens is 2. The number of carbonyl (C=O) groups excluding carboxylic acids is 1. The Morgan fingerprint density at radius 1 is 1.18 bits per heavy atom. The van der Waals surface area contributed by atoms with Gasteiger partial charge in [-0.05, 0) is 42.0 Å². The van der Waals surface area contributed by atoms with Gasteiger partial charge in [0.15, 0.2) is 4.32 Å². The number of thiocarbonyl (C=S) groups is 1. The predicted molar refractivity (Wildman–Crippen MR) is 93.5 cm³/mol. The molecule has 2 aromatic rings. The topological polar surface area (TPSA) is 20.3 Å². The molecule has 1 heterocycles. The summed E-state index contributed by atoms with van der Waals surface area (Å²) in [7, 11) is 0. The van der Waals surface area contributed by atoms with E-state index in [1.165, 1.54) is 28.8 Å². The minimum absolute atomic E-state index is 0.235. The third-order valence-corrected chi connectivity index (χ3v) is 4.54. The van der Waals surface area contributed by atoms with Crippen molar-refractivity contribution < 1.29 is 9.18 Å². The van der Waals surface area contributed by atoms with Gasteiger partial charge < -0.3 is 0 Å². The zero-order chi connectivity index (χ0) is 15.7. The Hall–Kier alpha value is -1.69. The van der Waals surface area contributed by atoms with Crippen LogP contribution < -0.4 is 4.90 Å². The van der Waals surface area contributed by atoms with Gasteiger partial charge >= 0.3 is 0 Å². The van der Waals surface area contributed by atoms with Crippen molar-refractivity contribution in [2.75, 3.05) is 4.90 Å². The van der Waals surface area contributed by atoms with Crippen LogP contribution in [0.25, 0.3) is 6.08 Å². The van der Waals surface area contributed by atoms with Gasteiger partial charge in [-0.15, -0.1) is 0 Å². The highest BCUT2D eigenvalue weighted by Gasteiger charge is 2.33. The number of hydrogen-bond acceptors (Lipinski definition) is 3. The maximum Gasteiger partial charge on any atom is 0.270 e. The maximum absolute atomic E-state index is 13.2. The summed E-state index contributed by atoms with van der Waals surface area (Å²) in [5.74, 6) is -0.583. The molecule has 2 aromatic carbocycles. The number of rotatable bonds is 2. The van der Waals surface area contributed by atoms with E-state index < -0.39 is 0 Å². The van der Waals surface area contributed by atoms with Gasteiger partial charge in [-0.3, -0.25) is 9.69 Å². The minimum atomic E-state index is -0.348. The van der Waals surface area contributed by atoms with E-state index in [2.05, 4.69) is 0 Å². The molecule has 0 bridgehead atoms. The van der Waals surface area contributed by atoms with Crippen molar-refractivity contribution in [2.45, 2.75) is 0 Å². The molecular weight excluding hydrogens is 341 g/mol. The number of carbonyl (C=O) groups is 1. The normalized spacial score (nSPS) is 16.6. The molecule has 1 aliphatic heterocycles. The highest BCUT2D eigenvalue weighted by molar-refractivity contribution is 8.27. The summed E-state index contributed by atoms with van der Waals surface area (Å²) in [6, 6.07) is 13.0. The quantitative estimate of drug-likeness (QED) is 0.569. The van der Waals surface area contributed by atoms with Gasteiger partial charge in [0.2, 0.25) is 0 Å². The molecular formula is C16H9ClFNOS2. The molecule has 3 rings (SSSR count). The van der Waals surface area contributed by atoms with Crippen LogP contribution in [0.3, 0.4) is 0 Å². The minimum Gasteiger partial charge on any atom is -0.268 e. The van der Waals surface area contributed by atoms with Crippen LogP contribution in [-0.4, -0.2) is 10.2 Å². The Morgan fingerprint density at radius 2 is 1.95 bits per heavy atom. The fourth-order valence-corrected chi connectivity index (χ4v) is 3.54. The van der Waals surface area contributed by atoms with Gasteiger partial charge in [0.25, 0.3) is 5.91 Å². The van der Waals surface area contributed by atoms with E-state index in [9.17, 15) is 9.18 Å². The molecule has 0 saturated carbocycles.